The molecule has 2 amide bonds. The maximum atomic E-state index is 12.3. The van der Waals surface area contributed by atoms with Crippen LogP contribution in [0.15, 0.2) is 42.5 Å². The van der Waals surface area contributed by atoms with Gasteiger partial charge < -0.3 is 5.32 Å². The second kappa shape index (κ2) is 8.76. The summed E-state index contributed by atoms with van der Waals surface area (Å²) in [4.78, 5) is 24.3. The third-order valence-corrected chi connectivity index (χ3v) is 4.96. The minimum absolute atomic E-state index is 0.0328. The maximum Gasteiger partial charge on any atom is 0.241 e. The molecule has 2 aromatic carbocycles. The summed E-state index contributed by atoms with van der Waals surface area (Å²) in [6.45, 7) is 0. The van der Waals surface area contributed by atoms with Gasteiger partial charge in [0.1, 0.15) is 0 Å². The Morgan fingerprint density at radius 3 is 2.50 bits per heavy atom. The van der Waals surface area contributed by atoms with Crippen molar-refractivity contribution in [2.75, 3.05) is 0 Å². The van der Waals surface area contributed by atoms with E-state index in [0.29, 0.717) is 0 Å². The first kappa shape index (κ1) is 18.3. The van der Waals surface area contributed by atoms with Crippen LogP contribution < -0.4 is 16.2 Å². The smallest absolute Gasteiger partial charge is 0.241 e. The number of thiocarbonyl (C=S) groups is 1. The van der Waals surface area contributed by atoms with Crippen molar-refractivity contribution in [2.45, 2.75) is 38.5 Å². The van der Waals surface area contributed by atoms with Crippen molar-refractivity contribution in [1.29, 1.82) is 0 Å². The molecule has 0 aromatic heterocycles. The minimum Gasteiger partial charge on any atom is -0.302 e. The Kier molecular flexibility index (Phi) is 6.17. The number of hydrogen-bond donors (Lipinski definition) is 3. The van der Waals surface area contributed by atoms with Crippen molar-refractivity contribution < 1.29 is 9.59 Å². The summed E-state index contributed by atoms with van der Waals surface area (Å²) in [6.07, 6.45) is 5.41. The molecule has 6 heteroatoms. The Labute approximate surface area is 158 Å². The summed E-state index contributed by atoms with van der Waals surface area (Å²) in [5.41, 5.74) is 6.18. The lowest BCUT2D eigenvalue weighted by Crippen LogP contribution is -2.50. The third kappa shape index (κ3) is 4.79. The number of fused-ring (bicyclic) bond motifs is 1. The molecule has 0 atom stereocenters. The van der Waals surface area contributed by atoms with Crippen LogP contribution in [0.4, 0.5) is 0 Å². The van der Waals surface area contributed by atoms with E-state index in [4.69, 9.17) is 12.2 Å². The Morgan fingerprint density at radius 2 is 1.69 bits per heavy atom. The number of nitrogens with one attached hydrogen (secondary N) is 3. The normalized spacial score (nSPS) is 14.6. The van der Waals surface area contributed by atoms with E-state index < -0.39 is 0 Å². The summed E-state index contributed by atoms with van der Waals surface area (Å²) in [5, 5.41) is 4.87. The van der Waals surface area contributed by atoms with Crippen molar-refractivity contribution in [2.24, 2.45) is 5.92 Å². The van der Waals surface area contributed by atoms with Crippen molar-refractivity contribution in [3.63, 3.8) is 0 Å². The van der Waals surface area contributed by atoms with Gasteiger partial charge in [-0.3, -0.25) is 20.4 Å². The summed E-state index contributed by atoms with van der Waals surface area (Å²) < 4.78 is 0. The fourth-order valence-electron chi connectivity index (χ4n) is 3.41. The lowest BCUT2D eigenvalue weighted by atomic mass is 9.89. The highest BCUT2D eigenvalue weighted by Gasteiger charge is 2.21. The Hall–Kier alpha value is -2.47. The lowest BCUT2D eigenvalue weighted by Gasteiger charge is -2.21. The highest BCUT2D eigenvalue weighted by molar-refractivity contribution is 7.80. The zero-order chi connectivity index (χ0) is 18.4. The van der Waals surface area contributed by atoms with Crippen LogP contribution >= 0.6 is 12.2 Å². The zero-order valence-corrected chi connectivity index (χ0v) is 15.4. The predicted molar refractivity (Wildman–Crippen MR) is 106 cm³/mol. The van der Waals surface area contributed by atoms with E-state index in [-0.39, 0.29) is 29.3 Å². The van der Waals surface area contributed by atoms with Gasteiger partial charge in [-0.2, -0.15) is 0 Å². The SMILES string of the molecule is O=C(Cc1cccc2ccccc12)NC(=S)NNC(=O)C1CCCCC1. The van der Waals surface area contributed by atoms with Gasteiger partial charge in [-0.1, -0.05) is 61.7 Å². The van der Waals surface area contributed by atoms with E-state index in [1.54, 1.807) is 0 Å². The van der Waals surface area contributed by atoms with Crippen LogP contribution in [-0.4, -0.2) is 16.9 Å². The van der Waals surface area contributed by atoms with Crippen LogP contribution in [0.25, 0.3) is 10.8 Å². The second-order valence-electron chi connectivity index (χ2n) is 6.64. The van der Waals surface area contributed by atoms with Crippen molar-refractivity contribution in [3.8, 4) is 0 Å². The van der Waals surface area contributed by atoms with Crippen molar-refractivity contribution in [1.82, 2.24) is 16.2 Å². The molecule has 0 bridgehead atoms. The van der Waals surface area contributed by atoms with E-state index >= 15 is 0 Å². The molecule has 1 aliphatic rings. The molecule has 1 fully saturated rings. The molecule has 2 aromatic rings. The Morgan fingerprint density at radius 1 is 0.962 bits per heavy atom. The lowest BCUT2D eigenvalue weighted by molar-refractivity contribution is -0.126. The first-order valence-corrected chi connectivity index (χ1v) is 9.40. The zero-order valence-electron chi connectivity index (χ0n) is 14.6. The largest absolute Gasteiger partial charge is 0.302 e. The number of carbonyl (C=O) groups excluding carboxylic acids is 2. The average Bonchev–Trinajstić information content (AvgIpc) is 2.67. The van der Waals surface area contributed by atoms with E-state index in [0.717, 1.165) is 42.0 Å². The molecular formula is C20H23N3O2S. The van der Waals surface area contributed by atoms with E-state index in [9.17, 15) is 9.59 Å². The second-order valence-corrected chi connectivity index (χ2v) is 7.05. The van der Waals surface area contributed by atoms with Gasteiger partial charge >= 0.3 is 0 Å². The van der Waals surface area contributed by atoms with Crippen LogP contribution in [0.2, 0.25) is 0 Å². The van der Waals surface area contributed by atoms with E-state index in [1.165, 1.54) is 6.42 Å². The first-order valence-electron chi connectivity index (χ1n) is 9.00. The molecule has 0 radical (unpaired) electrons. The summed E-state index contributed by atoms with van der Waals surface area (Å²) >= 11 is 5.10. The van der Waals surface area contributed by atoms with Crippen LogP contribution in [0.1, 0.15) is 37.7 Å². The molecule has 5 nitrogen and oxygen atoms in total. The molecule has 26 heavy (non-hydrogen) atoms. The van der Waals surface area contributed by atoms with Gasteiger partial charge in [-0.15, -0.1) is 0 Å². The van der Waals surface area contributed by atoms with Gasteiger partial charge in [0.05, 0.1) is 6.42 Å². The van der Waals surface area contributed by atoms with Crippen LogP contribution in [0.5, 0.6) is 0 Å². The molecular weight excluding hydrogens is 346 g/mol. The molecule has 1 saturated carbocycles. The Bertz CT molecular complexity index is 810. The number of hydrazine groups is 1. The monoisotopic (exact) mass is 369 g/mol. The Balaban J connectivity index is 1.49. The van der Waals surface area contributed by atoms with Gasteiger partial charge in [-0.05, 0) is 41.4 Å². The number of benzene rings is 2. The quantitative estimate of drug-likeness (QED) is 0.575. The molecule has 3 rings (SSSR count). The molecule has 1 aliphatic carbocycles. The number of hydrogen-bond acceptors (Lipinski definition) is 3. The number of amides is 2. The van der Waals surface area contributed by atoms with E-state index in [2.05, 4.69) is 16.2 Å². The number of carbonyl (C=O) groups is 2. The number of rotatable bonds is 3. The van der Waals surface area contributed by atoms with Gasteiger partial charge in [0, 0.05) is 5.92 Å². The molecule has 0 aliphatic heterocycles. The molecule has 3 N–H and O–H groups in total. The summed E-state index contributed by atoms with van der Waals surface area (Å²) in [6, 6.07) is 13.8. The third-order valence-electron chi connectivity index (χ3n) is 4.76. The van der Waals surface area contributed by atoms with Gasteiger partial charge in [0.15, 0.2) is 5.11 Å². The fourth-order valence-corrected chi connectivity index (χ4v) is 3.57. The summed E-state index contributed by atoms with van der Waals surface area (Å²) in [7, 11) is 0. The van der Waals surface area contributed by atoms with Crippen LogP contribution in [-0.2, 0) is 16.0 Å². The molecule has 0 spiro atoms. The topological polar surface area (TPSA) is 70.2 Å². The minimum atomic E-state index is -0.217. The maximum absolute atomic E-state index is 12.3. The molecule has 0 heterocycles. The highest BCUT2D eigenvalue weighted by atomic mass is 32.1. The fraction of sp³-hybridized carbons (Fsp3) is 0.350. The average molecular weight is 369 g/mol. The summed E-state index contributed by atoms with van der Waals surface area (Å²) in [5.74, 6) is -0.244. The van der Waals surface area contributed by atoms with Gasteiger partial charge in [0.2, 0.25) is 11.8 Å². The van der Waals surface area contributed by atoms with Gasteiger partial charge in [-0.25, -0.2) is 0 Å². The van der Waals surface area contributed by atoms with Crippen LogP contribution in [0, 0.1) is 5.92 Å². The molecule has 136 valence electrons. The van der Waals surface area contributed by atoms with E-state index in [1.807, 2.05) is 42.5 Å². The first-order chi connectivity index (χ1) is 12.6. The molecule has 0 saturated heterocycles. The standard InChI is InChI=1S/C20H23N3O2S/c24-18(13-16-11-6-10-14-7-4-5-12-17(14)16)21-20(26)23-22-19(25)15-8-2-1-3-9-15/h4-7,10-12,15H,1-3,8-9,13H2,(H,22,25)(H2,21,23,24,26). The van der Waals surface area contributed by atoms with Gasteiger partial charge in [0.25, 0.3) is 0 Å². The predicted octanol–water partition coefficient (Wildman–Crippen LogP) is 2.98. The van der Waals surface area contributed by atoms with Crippen molar-refractivity contribution >= 4 is 39.9 Å². The van der Waals surface area contributed by atoms with Crippen LogP contribution in [0.3, 0.4) is 0 Å². The molecule has 0 unspecified atom stereocenters. The van der Waals surface area contributed by atoms with Crippen molar-refractivity contribution in [3.05, 3.63) is 48.0 Å². The highest BCUT2D eigenvalue weighted by Crippen LogP contribution is 2.23.